The molecule has 13 aromatic rings. The highest BCUT2D eigenvalue weighted by Crippen LogP contribution is 2.45. The number of hydrogen-bond donors (Lipinski definition) is 0. The zero-order chi connectivity index (χ0) is 57.8. The Morgan fingerprint density at radius 1 is 0.167 bits per heavy atom. The lowest BCUT2D eigenvalue weighted by molar-refractivity contribution is 0.641. The van der Waals surface area contributed by atoms with Crippen molar-refractivity contribution in [3.8, 4) is 0 Å². The average Bonchev–Trinajstić information content (AvgIpc) is 3.17. The van der Waals surface area contributed by atoms with Crippen LogP contribution in [0, 0.1) is 0 Å². The van der Waals surface area contributed by atoms with Crippen LogP contribution in [0.2, 0.25) is 0 Å². The summed E-state index contributed by atoms with van der Waals surface area (Å²) in [7, 11) is 0. The molecule has 0 N–H and O–H groups in total. The quantitative estimate of drug-likeness (QED) is 0.107. The third-order valence-corrected chi connectivity index (χ3v) is 18.6. The molecule has 0 radical (unpaired) electrons. The number of hydrogen-bond acceptors (Lipinski definition) is 2. The summed E-state index contributed by atoms with van der Waals surface area (Å²) in [6.07, 6.45) is 0. The standard InChI is InChI=1S/C82H72N2/c1-79(2,69-32-28-57-18-9-13-22-61(57)52-69)65-36-44-73(45-37-65)83(74-46-38-66(39-47-74)80(3,4)70-33-29-58-19-10-14-23-62(58)53-70)77-26-17-27-78(56-77)84(75-48-40-67(41-49-75)81(5,6)71-34-30-59-20-11-15-24-63(59)54-71)76-50-42-68(43-51-76)82(7,8)72-35-31-60-21-12-16-25-64(60)55-72/h9-56H,1-8H3. The van der Waals surface area contributed by atoms with E-state index in [1.807, 2.05) is 0 Å². The van der Waals surface area contributed by atoms with Crippen molar-refractivity contribution < 1.29 is 0 Å². The van der Waals surface area contributed by atoms with Crippen LogP contribution >= 0.6 is 0 Å². The minimum atomic E-state index is -0.232. The normalized spacial score (nSPS) is 12.3. The van der Waals surface area contributed by atoms with Crippen LogP contribution in [0.1, 0.15) is 99.9 Å². The SMILES string of the molecule is CC(C)(c1ccc(N(c2ccc(C(C)(C)c3ccc4ccccc4c3)cc2)c2cccc(N(c3ccc(C(C)(C)c4ccc5ccccc5c4)cc3)c3ccc(C(C)(C)c4ccc5ccccc5c4)cc3)c2)cc1)c1ccc2ccccc2c1. The minimum absolute atomic E-state index is 0.232. The Bertz CT molecular complexity index is 3970. The van der Waals surface area contributed by atoms with Crippen molar-refractivity contribution in [3.63, 3.8) is 0 Å². The van der Waals surface area contributed by atoms with Gasteiger partial charge in [0.25, 0.3) is 0 Å². The van der Waals surface area contributed by atoms with Gasteiger partial charge in [0, 0.05) is 55.8 Å². The van der Waals surface area contributed by atoms with Crippen LogP contribution < -0.4 is 9.80 Å². The Kier molecular flexibility index (Phi) is 13.7. The predicted octanol–water partition coefficient (Wildman–Crippen LogP) is 22.5. The van der Waals surface area contributed by atoms with Gasteiger partial charge < -0.3 is 9.80 Å². The minimum Gasteiger partial charge on any atom is -0.310 e. The van der Waals surface area contributed by atoms with Crippen molar-refractivity contribution in [2.24, 2.45) is 0 Å². The molecule has 13 rings (SSSR count). The lowest BCUT2D eigenvalue weighted by atomic mass is 9.77. The number of nitrogens with zero attached hydrogens (tertiary/aromatic N) is 2. The van der Waals surface area contributed by atoms with E-state index in [4.69, 9.17) is 0 Å². The van der Waals surface area contributed by atoms with Crippen molar-refractivity contribution in [3.05, 3.63) is 336 Å². The van der Waals surface area contributed by atoms with Crippen molar-refractivity contribution in [2.75, 3.05) is 9.80 Å². The first kappa shape index (κ1) is 53.8. The van der Waals surface area contributed by atoms with E-state index in [0.29, 0.717) is 0 Å². The molecule has 0 atom stereocenters. The Morgan fingerprint density at radius 3 is 0.595 bits per heavy atom. The smallest absolute Gasteiger partial charge is 0.0482 e. The molecule has 13 aromatic carbocycles. The molecule has 0 unspecified atom stereocenters. The van der Waals surface area contributed by atoms with Gasteiger partial charge in [0.2, 0.25) is 0 Å². The molecular formula is C82H72N2. The molecule has 0 heterocycles. The van der Waals surface area contributed by atoms with Crippen molar-refractivity contribution in [1.82, 2.24) is 0 Å². The largest absolute Gasteiger partial charge is 0.310 e. The van der Waals surface area contributed by atoms with Gasteiger partial charge in [-0.25, -0.2) is 0 Å². The number of benzene rings is 13. The Hall–Kier alpha value is -9.50. The highest BCUT2D eigenvalue weighted by atomic mass is 15.2. The average molecular weight is 1090 g/mol. The lowest BCUT2D eigenvalue weighted by Gasteiger charge is -2.32. The predicted molar refractivity (Wildman–Crippen MR) is 360 cm³/mol. The third kappa shape index (κ3) is 10.0. The van der Waals surface area contributed by atoms with Crippen molar-refractivity contribution in [1.29, 1.82) is 0 Å². The van der Waals surface area contributed by atoms with Crippen LogP contribution in [0.3, 0.4) is 0 Å². The molecule has 0 aliphatic rings. The summed E-state index contributed by atoms with van der Waals surface area (Å²) >= 11 is 0. The van der Waals surface area contributed by atoms with Gasteiger partial charge in [-0.2, -0.15) is 0 Å². The van der Waals surface area contributed by atoms with Gasteiger partial charge in [0.15, 0.2) is 0 Å². The fourth-order valence-electron chi connectivity index (χ4n) is 12.8. The van der Waals surface area contributed by atoms with E-state index < -0.39 is 0 Å². The number of fused-ring (bicyclic) bond motifs is 4. The molecule has 0 aromatic heterocycles. The van der Waals surface area contributed by atoms with Gasteiger partial charge in [-0.15, -0.1) is 0 Å². The van der Waals surface area contributed by atoms with Crippen LogP contribution in [0.25, 0.3) is 43.1 Å². The fourth-order valence-corrected chi connectivity index (χ4v) is 12.8. The maximum absolute atomic E-state index is 2.42. The zero-order valence-corrected chi connectivity index (χ0v) is 49.6. The number of rotatable bonds is 14. The van der Waals surface area contributed by atoms with Crippen LogP contribution in [-0.2, 0) is 21.7 Å². The summed E-state index contributed by atoms with van der Waals surface area (Å²) in [6.45, 7) is 18.7. The number of anilines is 6. The van der Waals surface area contributed by atoms with E-state index in [9.17, 15) is 0 Å². The summed E-state index contributed by atoms with van der Waals surface area (Å²) < 4.78 is 0. The molecule has 0 amide bonds. The second-order valence-electron chi connectivity index (χ2n) is 25.1. The van der Waals surface area contributed by atoms with E-state index in [1.54, 1.807) is 0 Å². The highest BCUT2D eigenvalue weighted by Gasteiger charge is 2.29. The van der Waals surface area contributed by atoms with E-state index in [1.165, 1.54) is 87.6 Å². The van der Waals surface area contributed by atoms with Gasteiger partial charge in [-0.05, 0) is 154 Å². The van der Waals surface area contributed by atoms with Crippen LogP contribution in [-0.4, -0.2) is 0 Å². The van der Waals surface area contributed by atoms with E-state index in [2.05, 4.69) is 356 Å². The summed E-state index contributed by atoms with van der Waals surface area (Å²) in [5, 5.41) is 10.1. The fraction of sp³-hybridized carbons (Fsp3) is 0.146. The summed E-state index contributed by atoms with van der Waals surface area (Å²) in [5.41, 5.74) is 15.7. The maximum Gasteiger partial charge on any atom is 0.0482 e. The van der Waals surface area contributed by atoms with Gasteiger partial charge in [0.1, 0.15) is 0 Å². The molecule has 0 saturated heterocycles. The highest BCUT2D eigenvalue weighted by molar-refractivity contribution is 5.88. The molecule has 84 heavy (non-hydrogen) atoms. The van der Waals surface area contributed by atoms with Gasteiger partial charge in [-0.3, -0.25) is 0 Å². The topological polar surface area (TPSA) is 6.48 Å². The first-order valence-electron chi connectivity index (χ1n) is 29.7. The molecule has 0 fully saturated rings. The van der Waals surface area contributed by atoms with E-state index >= 15 is 0 Å². The molecule has 0 aliphatic carbocycles. The van der Waals surface area contributed by atoms with Gasteiger partial charge in [-0.1, -0.05) is 280 Å². The molecule has 0 bridgehead atoms. The first-order chi connectivity index (χ1) is 40.6. The first-order valence-corrected chi connectivity index (χ1v) is 29.7. The third-order valence-electron chi connectivity index (χ3n) is 18.6. The lowest BCUT2D eigenvalue weighted by Crippen LogP contribution is -2.20. The summed E-state index contributed by atoms with van der Waals surface area (Å²) in [4.78, 5) is 4.84. The summed E-state index contributed by atoms with van der Waals surface area (Å²) in [6, 6.07) is 108. The monoisotopic (exact) mass is 1080 g/mol. The molecule has 410 valence electrons. The molecular weight excluding hydrogens is 1010 g/mol. The Labute approximate surface area is 497 Å². The molecule has 0 aliphatic heterocycles. The second-order valence-corrected chi connectivity index (χ2v) is 25.1. The molecule has 2 heteroatoms. The zero-order valence-electron chi connectivity index (χ0n) is 49.6. The van der Waals surface area contributed by atoms with E-state index in [0.717, 1.165) is 34.1 Å². The van der Waals surface area contributed by atoms with E-state index in [-0.39, 0.29) is 21.7 Å². The Balaban J connectivity index is 0.909. The Morgan fingerprint density at radius 2 is 0.369 bits per heavy atom. The van der Waals surface area contributed by atoms with Crippen molar-refractivity contribution >= 4 is 77.2 Å². The van der Waals surface area contributed by atoms with Crippen LogP contribution in [0.15, 0.2) is 291 Å². The van der Waals surface area contributed by atoms with Crippen molar-refractivity contribution in [2.45, 2.75) is 77.0 Å². The maximum atomic E-state index is 2.42. The second kappa shape index (κ2) is 21.4. The van der Waals surface area contributed by atoms with Crippen LogP contribution in [0.5, 0.6) is 0 Å². The summed E-state index contributed by atoms with van der Waals surface area (Å²) in [5.74, 6) is 0. The molecule has 2 nitrogen and oxygen atoms in total. The molecule has 0 saturated carbocycles. The van der Waals surface area contributed by atoms with Gasteiger partial charge in [0.05, 0.1) is 0 Å². The molecule has 0 spiro atoms. The van der Waals surface area contributed by atoms with Gasteiger partial charge >= 0.3 is 0 Å². The van der Waals surface area contributed by atoms with Crippen LogP contribution in [0.4, 0.5) is 34.1 Å².